The zero-order valence-corrected chi connectivity index (χ0v) is 11.2. The van der Waals surface area contributed by atoms with Crippen molar-refractivity contribution in [1.82, 2.24) is 0 Å². The van der Waals surface area contributed by atoms with Crippen LogP contribution in [-0.4, -0.2) is 71.0 Å². The van der Waals surface area contributed by atoms with Crippen molar-refractivity contribution in [1.29, 1.82) is 0 Å². The molecule has 0 saturated carbocycles. The SMILES string of the molecule is O=C(O)c1ccc(C(=O)O)cc1.[Ba]. The quantitative estimate of drug-likeness (QED) is 0.789. The first kappa shape index (κ1) is 12.7. The third-order valence-electron chi connectivity index (χ3n) is 1.38. The Kier molecular flexibility index (Phi) is 5.35. The largest absolute Gasteiger partial charge is 0.478 e. The first-order valence-corrected chi connectivity index (χ1v) is 3.18. The molecular weight excluding hydrogens is 297 g/mol. The number of rotatable bonds is 2. The maximum atomic E-state index is 10.3. The van der Waals surface area contributed by atoms with E-state index in [0.717, 1.165) is 0 Å². The third kappa shape index (κ3) is 3.53. The van der Waals surface area contributed by atoms with E-state index < -0.39 is 11.9 Å². The van der Waals surface area contributed by atoms with E-state index in [1.54, 1.807) is 0 Å². The van der Waals surface area contributed by atoms with Crippen molar-refractivity contribution in [2.45, 2.75) is 0 Å². The molecule has 13 heavy (non-hydrogen) atoms. The molecule has 0 atom stereocenters. The van der Waals surface area contributed by atoms with Crippen LogP contribution in [0, 0.1) is 0 Å². The molecule has 64 valence electrons. The maximum absolute atomic E-state index is 10.3. The van der Waals surface area contributed by atoms with Crippen molar-refractivity contribution < 1.29 is 19.8 Å². The summed E-state index contributed by atoms with van der Waals surface area (Å²) in [4.78, 5) is 20.7. The van der Waals surface area contributed by atoms with Gasteiger partial charge in [-0.1, -0.05) is 0 Å². The first-order valence-electron chi connectivity index (χ1n) is 3.18. The number of benzene rings is 1. The molecule has 1 aromatic carbocycles. The van der Waals surface area contributed by atoms with Gasteiger partial charge in [-0.25, -0.2) is 9.59 Å². The van der Waals surface area contributed by atoms with Gasteiger partial charge >= 0.3 is 11.9 Å². The van der Waals surface area contributed by atoms with Gasteiger partial charge in [0, 0.05) is 48.9 Å². The molecular formula is C8H6BaO4. The molecule has 0 saturated heterocycles. The topological polar surface area (TPSA) is 74.6 Å². The number of carboxylic acids is 2. The van der Waals surface area contributed by atoms with Gasteiger partial charge in [-0.05, 0) is 24.3 Å². The standard InChI is InChI=1S/C8H6O4.Ba/c9-7(10)5-1-2-6(4-3-5)8(11)12;/h1-4H,(H,9,10)(H,11,12);. The summed E-state index contributed by atoms with van der Waals surface area (Å²) in [5.74, 6) is -2.13. The van der Waals surface area contributed by atoms with Crippen molar-refractivity contribution >= 4 is 60.8 Å². The van der Waals surface area contributed by atoms with E-state index in [4.69, 9.17) is 10.2 Å². The Labute approximate surface area is 115 Å². The number of hydrogen-bond acceptors (Lipinski definition) is 2. The fourth-order valence-electron chi connectivity index (χ4n) is 0.755. The van der Waals surface area contributed by atoms with Gasteiger partial charge in [0.15, 0.2) is 0 Å². The molecule has 0 aliphatic heterocycles. The summed E-state index contributed by atoms with van der Waals surface area (Å²) in [6.07, 6.45) is 0. The summed E-state index contributed by atoms with van der Waals surface area (Å²) in [5, 5.41) is 16.9. The van der Waals surface area contributed by atoms with Crippen LogP contribution in [0.5, 0.6) is 0 Å². The average molecular weight is 303 g/mol. The zero-order valence-electron chi connectivity index (χ0n) is 6.73. The molecule has 0 spiro atoms. The van der Waals surface area contributed by atoms with Crippen LogP contribution < -0.4 is 0 Å². The van der Waals surface area contributed by atoms with Crippen LogP contribution >= 0.6 is 0 Å². The molecule has 0 aromatic heterocycles. The molecule has 0 unspecified atom stereocenters. The summed E-state index contributed by atoms with van der Waals surface area (Å²) in [6, 6.07) is 5.02. The van der Waals surface area contributed by atoms with Gasteiger partial charge in [0.1, 0.15) is 0 Å². The van der Waals surface area contributed by atoms with E-state index >= 15 is 0 Å². The van der Waals surface area contributed by atoms with Gasteiger partial charge in [0.05, 0.1) is 11.1 Å². The van der Waals surface area contributed by atoms with E-state index in [1.165, 1.54) is 24.3 Å². The fraction of sp³-hybridized carbons (Fsp3) is 0. The van der Waals surface area contributed by atoms with E-state index in [2.05, 4.69) is 0 Å². The van der Waals surface area contributed by atoms with Gasteiger partial charge in [0.25, 0.3) is 0 Å². The number of carbonyl (C=O) groups is 2. The summed E-state index contributed by atoms with van der Waals surface area (Å²) in [6.45, 7) is 0. The smallest absolute Gasteiger partial charge is 0.335 e. The van der Waals surface area contributed by atoms with E-state index in [-0.39, 0.29) is 60.0 Å². The van der Waals surface area contributed by atoms with E-state index in [0.29, 0.717) is 0 Å². The molecule has 0 aliphatic carbocycles. The Morgan fingerprint density at radius 3 is 1.23 bits per heavy atom. The fourth-order valence-corrected chi connectivity index (χ4v) is 0.755. The minimum Gasteiger partial charge on any atom is -0.478 e. The molecule has 2 N–H and O–H groups in total. The molecule has 4 nitrogen and oxygen atoms in total. The van der Waals surface area contributed by atoms with Crippen molar-refractivity contribution in [2.75, 3.05) is 0 Å². The second-order valence-electron chi connectivity index (χ2n) is 2.19. The number of carboxylic acid groups (broad SMARTS) is 2. The van der Waals surface area contributed by atoms with Crippen LogP contribution in [0.1, 0.15) is 20.7 Å². The van der Waals surface area contributed by atoms with E-state index in [9.17, 15) is 9.59 Å². The average Bonchev–Trinajstić information content (AvgIpc) is 2.04. The Morgan fingerprint density at radius 2 is 1.08 bits per heavy atom. The second-order valence-corrected chi connectivity index (χ2v) is 2.19. The minimum atomic E-state index is -1.06. The first-order chi connectivity index (χ1) is 5.61. The maximum Gasteiger partial charge on any atom is 0.335 e. The van der Waals surface area contributed by atoms with Crippen LogP contribution in [-0.2, 0) is 0 Å². The van der Waals surface area contributed by atoms with Crippen LogP contribution in [0.3, 0.4) is 0 Å². The van der Waals surface area contributed by atoms with Crippen LogP contribution in [0.4, 0.5) is 0 Å². The van der Waals surface area contributed by atoms with Gasteiger partial charge in [-0.3, -0.25) is 0 Å². The Bertz CT molecular complexity index is 284. The van der Waals surface area contributed by atoms with Gasteiger partial charge in [-0.2, -0.15) is 0 Å². The van der Waals surface area contributed by atoms with Gasteiger partial charge < -0.3 is 10.2 Å². The number of hydrogen-bond donors (Lipinski definition) is 2. The molecule has 5 heteroatoms. The Hall–Kier alpha value is -0.269. The molecule has 0 fully saturated rings. The van der Waals surface area contributed by atoms with Crippen molar-refractivity contribution in [2.24, 2.45) is 0 Å². The minimum absolute atomic E-state index is 0. The van der Waals surface area contributed by atoms with E-state index in [1.807, 2.05) is 0 Å². The molecule has 0 heterocycles. The predicted octanol–water partition coefficient (Wildman–Crippen LogP) is 0.702. The molecule has 0 bridgehead atoms. The Balaban J connectivity index is 0.00000144. The van der Waals surface area contributed by atoms with Crippen LogP contribution in [0.25, 0.3) is 0 Å². The van der Waals surface area contributed by atoms with Crippen molar-refractivity contribution in [3.63, 3.8) is 0 Å². The molecule has 0 amide bonds. The molecule has 2 radical (unpaired) electrons. The van der Waals surface area contributed by atoms with Gasteiger partial charge in [-0.15, -0.1) is 0 Å². The molecule has 0 aliphatic rings. The second kappa shape index (κ2) is 5.46. The summed E-state index contributed by atoms with van der Waals surface area (Å²) >= 11 is 0. The summed E-state index contributed by atoms with van der Waals surface area (Å²) < 4.78 is 0. The number of aromatic carboxylic acids is 2. The van der Waals surface area contributed by atoms with Crippen molar-refractivity contribution in [3.05, 3.63) is 35.4 Å². The van der Waals surface area contributed by atoms with Crippen molar-refractivity contribution in [3.8, 4) is 0 Å². The van der Waals surface area contributed by atoms with Crippen LogP contribution in [0.2, 0.25) is 0 Å². The summed E-state index contributed by atoms with van der Waals surface area (Å²) in [5.41, 5.74) is 0.167. The monoisotopic (exact) mass is 304 g/mol. The normalized spacial score (nSPS) is 8.62. The van der Waals surface area contributed by atoms with Gasteiger partial charge in [0.2, 0.25) is 0 Å². The zero-order chi connectivity index (χ0) is 9.14. The molecule has 1 aromatic rings. The Morgan fingerprint density at radius 1 is 0.846 bits per heavy atom. The summed E-state index contributed by atoms with van der Waals surface area (Å²) in [7, 11) is 0. The molecule has 1 rings (SSSR count). The third-order valence-corrected chi connectivity index (χ3v) is 1.38. The predicted molar refractivity (Wildman–Crippen MR) is 46.1 cm³/mol. The van der Waals surface area contributed by atoms with Crippen LogP contribution in [0.15, 0.2) is 24.3 Å².